The van der Waals surface area contributed by atoms with Gasteiger partial charge in [-0.05, 0) is 5.56 Å². The van der Waals surface area contributed by atoms with Gasteiger partial charge in [-0.3, -0.25) is 9.59 Å². The van der Waals surface area contributed by atoms with E-state index in [2.05, 4.69) is 5.32 Å². The largest absolute Gasteiger partial charge is 0.480 e. The van der Waals surface area contributed by atoms with Gasteiger partial charge < -0.3 is 15.9 Å². The maximum atomic E-state index is 11.1. The average Bonchev–Trinajstić information content (AvgIpc) is 2.16. The first-order valence-corrected chi connectivity index (χ1v) is 4.21. The van der Waals surface area contributed by atoms with E-state index >= 15 is 0 Å². The van der Waals surface area contributed by atoms with Gasteiger partial charge in [-0.1, -0.05) is 30.3 Å². The predicted molar refractivity (Wildman–Crippen MR) is 54.4 cm³/mol. The molecule has 82 valence electrons. The summed E-state index contributed by atoms with van der Waals surface area (Å²) in [6.45, 7) is -0.328. The number of rotatable bonds is 4. The van der Waals surface area contributed by atoms with Crippen molar-refractivity contribution in [2.24, 2.45) is 0 Å². The van der Waals surface area contributed by atoms with Crippen LogP contribution in [0, 0.1) is 0 Å². The first kappa shape index (κ1) is 13.1. The molecule has 0 aliphatic carbocycles. The summed E-state index contributed by atoms with van der Waals surface area (Å²) in [7, 11) is 0. The number of nitrogens with one attached hydrogen (secondary N) is 1. The Morgan fingerprint density at radius 1 is 1.20 bits per heavy atom. The fraction of sp³-hybridized carbons (Fsp3) is 0.200. The first-order chi connectivity index (χ1) is 6.68. The molecule has 0 aliphatic heterocycles. The van der Waals surface area contributed by atoms with Crippen molar-refractivity contribution in [1.29, 1.82) is 0 Å². The Hall–Kier alpha value is -1.88. The van der Waals surface area contributed by atoms with E-state index in [1.165, 1.54) is 0 Å². The van der Waals surface area contributed by atoms with E-state index in [1.807, 2.05) is 30.3 Å². The van der Waals surface area contributed by atoms with Crippen LogP contribution in [0.3, 0.4) is 0 Å². The summed E-state index contributed by atoms with van der Waals surface area (Å²) in [6.07, 6.45) is 0.216. The molecular weight excluding hydrogens is 198 g/mol. The molecule has 0 spiro atoms. The van der Waals surface area contributed by atoms with Gasteiger partial charge in [0.2, 0.25) is 5.91 Å². The second-order valence-electron chi connectivity index (χ2n) is 2.83. The second kappa shape index (κ2) is 6.56. The van der Waals surface area contributed by atoms with Gasteiger partial charge in [0.1, 0.15) is 6.54 Å². The Morgan fingerprint density at radius 3 is 2.33 bits per heavy atom. The third-order valence-corrected chi connectivity index (χ3v) is 1.64. The van der Waals surface area contributed by atoms with Crippen LogP contribution < -0.4 is 5.32 Å². The van der Waals surface area contributed by atoms with Gasteiger partial charge >= 0.3 is 5.97 Å². The van der Waals surface area contributed by atoms with Crippen LogP contribution >= 0.6 is 0 Å². The van der Waals surface area contributed by atoms with Crippen molar-refractivity contribution in [3.8, 4) is 0 Å². The van der Waals surface area contributed by atoms with Gasteiger partial charge in [-0.2, -0.15) is 0 Å². The molecule has 0 saturated carbocycles. The smallest absolute Gasteiger partial charge is 0.322 e. The molecule has 0 heterocycles. The van der Waals surface area contributed by atoms with Gasteiger partial charge in [0.15, 0.2) is 0 Å². The lowest BCUT2D eigenvalue weighted by atomic mass is 10.1. The molecule has 1 rings (SSSR count). The zero-order chi connectivity index (χ0) is 10.4. The lowest BCUT2D eigenvalue weighted by Gasteiger charge is -2.01. The van der Waals surface area contributed by atoms with E-state index in [4.69, 9.17) is 5.11 Å². The van der Waals surface area contributed by atoms with E-state index in [1.54, 1.807) is 0 Å². The van der Waals surface area contributed by atoms with Gasteiger partial charge in [0, 0.05) is 0 Å². The molecule has 0 aromatic heterocycles. The predicted octanol–water partition coefficient (Wildman–Crippen LogP) is -0.395. The first-order valence-electron chi connectivity index (χ1n) is 4.21. The fourth-order valence-electron chi connectivity index (χ4n) is 1.02. The quantitative estimate of drug-likeness (QED) is 0.709. The monoisotopic (exact) mass is 211 g/mol. The molecular formula is C10H13NO4. The number of hydrogen-bond acceptors (Lipinski definition) is 2. The van der Waals surface area contributed by atoms with Crippen LogP contribution in [-0.4, -0.2) is 29.0 Å². The van der Waals surface area contributed by atoms with Crippen LogP contribution in [0.15, 0.2) is 30.3 Å². The van der Waals surface area contributed by atoms with Crippen LogP contribution in [0.4, 0.5) is 0 Å². The van der Waals surface area contributed by atoms with Crippen molar-refractivity contribution in [2.75, 3.05) is 6.54 Å². The number of carboxylic acids is 1. The molecule has 0 atom stereocenters. The summed E-state index contributed by atoms with van der Waals surface area (Å²) in [4.78, 5) is 21.3. The third kappa shape index (κ3) is 5.43. The second-order valence-corrected chi connectivity index (χ2v) is 2.83. The highest BCUT2D eigenvalue weighted by molar-refractivity contribution is 5.82. The summed E-state index contributed by atoms with van der Waals surface area (Å²) in [6, 6.07) is 9.17. The fourth-order valence-corrected chi connectivity index (χ4v) is 1.02. The molecule has 0 bridgehead atoms. The molecule has 1 amide bonds. The van der Waals surface area contributed by atoms with Crippen molar-refractivity contribution in [3.63, 3.8) is 0 Å². The van der Waals surface area contributed by atoms with Crippen LogP contribution in [-0.2, 0) is 16.0 Å². The summed E-state index contributed by atoms with van der Waals surface area (Å²) in [5, 5.41) is 10.6. The van der Waals surface area contributed by atoms with Crippen molar-refractivity contribution in [2.45, 2.75) is 6.42 Å². The molecule has 1 aromatic rings. The van der Waals surface area contributed by atoms with Crippen molar-refractivity contribution >= 4 is 11.9 Å². The van der Waals surface area contributed by atoms with Crippen LogP contribution in [0.25, 0.3) is 0 Å². The van der Waals surface area contributed by atoms with Crippen LogP contribution in [0.2, 0.25) is 0 Å². The van der Waals surface area contributed by atoms with Gasteiger partial charge in [-0.15, -0.1) is 0 Å². The number of aliphatic carboxylic acids is 1. The number of benzene rings is 1. The lowest BCUT2D eigenvalue weighted by Crippen LogP contribution is -2.30. The zero-order valence-electron chi connectivity index (χ0n) is 8.06. The number of amides is 1. The van der Waals surface area contributed by atoms with Crippen molar-refractivity contribution in [3.05, 3.63) is 35.9 Å². The molecule has 1 aromatic carbocycles. The van der Waals surface area contributed by atoms with Crippen molar-refractivity contribution < 1.29 is 20.2 Å². The SMILES string of the molecule is O.O=C(O)CNC(=O)Cc1ccccc1. The Bertz CT molecular complexity index is 323. The van der Waals surface area contributed by atoms with E-state index in [9.17, 15) is 9.59 Å². The molecule has 5 heteroatoms. The van der Waals surface area contributed by atoms with Gasteiger partial charge in [0.05, 0.1) is 6.42 Å². The number of carbonyl (C=O) groups is 2. The highest BCUT2D eigenvalue weighted by Gasteiger charge is 2.03. The molecule has 0 unspecified atom stereocenters. The van der Waals surface area contributed by atoms with Gasteiger partial charge in [0.25, 0.3) is 0 Å². The van der Waals surface area contributed by atoms with Crippen LogP contribution in [0.1, 0.15) is 5.56 Å². The average molecular weight is 211 g/mol. The van der Waals surface area contributed by atoms with E-state index < -0.39 is 5.97 Å². The highest BCUT2D eigenvalue weighted by atomic mass is 16.4. The molecule has 0 radical (unpaired) electrons. The molecule has 0 aliphatic rings. The highest BCUT2D eigenvalue weighted by Crippen LogP contribution is 1.98. The Kier molecular flexibility index (Phi) is 5.73. The van der Waals surface area contributed by atoms with E-state index in [0.717, 1.165) is 5.56 Å². The van der Waals surface area contributed by atoms with E-state index in [-0.39, 0.29) is 24.3 Å². The summed E-state index contributed by atoms with van der Waals surface area (Å²) in [5.74, 6) is -1.31. The molecule has 5 nitrogen and oxygen atoms in total. The minimum absolute atomic E-state index is 0. The summed E-state index contributed by atoms with van der Waals surface area (Å²) in [5.41, 5.74) is 0.871. The van der Waals surface area contributed by atoms with Crippen LogP contribution in [0.5, 0.6) is 0 Å². The van der Waals surface area contributed by atoms with Gasteiger partial charge in [-0.25, -0.2) is 0 Å². The Morgan fingerprint density at radius 2 is 1.80 bits per heavy atom. The minimum Gasteiger partial charge on any atom is -0.480 e. The van der Waals surface area contributed by atoms with E-state index in [0.29, 0.717) is 0 Å². The normalized spacial score (nSPS) is 8.80. The maximum Gasteiger partial charge on any atom is 0.322 e. The maximum absolute atomic E-state index is 11.1. The number of hydrogen-bond donors (Lipinski definition) is 2. The lowest BCUT2D eigenvalue weighted by molar-refractivity contribution is -0.137. The number of carbonyl (C=O) groups excluding carboxylic acids is 1. The standard InChI is InChI=1S/C10H11NO3.H2O/c12-9(11-7-10(13)14)6-8-4-2-1-3-5-8;/h1-5H,6-7H2,(H,11,12)(H,13,14);1H2. The third-order valence-electron chi connectivity index (χ3n) is 1.64. The molecule has 4 N–H and O–H groups in total. The summed E-state index contributed by atoms with van der Waals surface area (Å²) < 4.78 is 0. The molecule has 0 saturated heterocycles. The molecule has 0 fully saturated rings. The Labute approximate surface area is 87.0 Å². The molecule has 15 heavy (non-hydrogen) atoms. The minimum atomic E-state index is -1.04. The number of carboxylic acid groups (broad SMARTS) is 1. The summed E-state index contributed by atoms with van der Waals surface area (Å²) >= 11 is 0. The zero-order valence-corrected chi connectivity index (χ0v) is 8.06. The Balaban J connectivity index is 0.00000196. The van der Waals surface area contributed by atoms with Crippen molar-refractivity contribution in [1.82, 2.24) is 5.32 Å². The topological polar surface area (TPSA) is 97.9 Å².